The standard InChI is InChI=1S/C10H14N2O2/c11-12(8-4-7-10(13)14)9-5-2-1-3-6-9/h1-3,5-6H,4,7-8,11H2,(H,13,14). The number of carboxylic acids is 1. The molecular weight excluding hydrogens is 180 g/mol. The van der Waals surface area contributed by atoms with E-state index in [0.29, 0.717) is 13.0 Å². The first-order chi connectivity index (χ1) is 6.70. The first-order valence-electron chi connectivity index (χ1n) is 4.49. The van der Waals surface area contributed by atoms with Crippen LogP contribution in [0, 0.1) is 0 Å². The highest BCUT2D eigenvalue weighted by Gasteiger charge is 2.01. The summed E-state index contributed by atoms with van der Waals surface area (Å²) in [6.07, 6.45) is 0.710. The van der Waals surface area contributed by atoms with Crippen LogP contribution >= 0.6 is 0 Å². The second-order valence-corrected chi connectivity index (χ2v) is 3.03. The Morgan fingerprint density at radius 1 is 1.36 bits per heavy atom. The molecule has 0 aromatic heterocycles. The van der Waals surface area contributed by atoms with Crippen LogP contribution in [0.3, 0.4) is 0 Å². The van der Waals surface area contributed by atoms with E-state index in [1.807, 2.05) is 30.3 Å². The number of carboxylic acid groups (broad SMARTS) is 1. The van der Waals surface area contributed by atoms with Gasteiger partial charge in [-0.05, 0) is 18.6 Å². The second-order valence-electron chi connectivity index (χ2n) is 3.03. The van der Waals surface area contributed by atoms with Crippen molar-refractivity contribution < 1.29 is 9.90 Å². The summed E-state index contributed by atoms with van der Waals surface area (Å²) in [5, 5.41) is 10.00. The lowest BCUT2D eigenvalue weighted by Crippen LogP contribution is -2.31. The van der Waals surface area contributed by atoms with Crippen molar-refractivity contribution in [1.82, 2.24) is 0 Å². The fraction of sp³-hybridized carbons (Fsp3) is 0.300. The van der Waals surface area contributed by atoms with Gasteiger partial charge in [-0.1, -0.05) is 18.2 Å². The van der Waals surface area contributed by atoms with E-state index in [4.69, 9.17) is 10.9 Å². The molecule has 1 aromatic carbocycles. The van der Waals surface area contributed by atoms with Crippen molar-refractivity contribution >= 4 is 11.7 Å². The number of aliphatic carboxylic acids is 1. The average molecular weight is 194 g/mol. The highest BCUT2D eigenvalue weighted by molar-refractivity contribution is 5.66. The van der Waals surface area contributed by atoms with Crippen LogP contribution in [-0.4, -0.2) is 17.6 Å². The Kier molecular flexibility index (Phi) is 3.94. The minimum absolute atomic E-state index is 0.153. The summed E-state index contributed by atoms with van der Waals surface area (Å²) in [4.78, 5) is 10.3. The van der Waals surface area contributed by atoms with E-state index >= 15 is 0 Å². The van der Waals surface area contributed by atoms with Crippen LogP contribution in [-0.2, 0) is 4.79 Å². The molecule has 1 aromatic rings. The molecule has 0 radical (unpaired) electrons. The molecule has 1 rings (SSSR count). The molecule has 0 bridgehead atoms. The van der Waals surface area contributed by atoms with Gasteiger partial charge in [-0.2, -0.15) is 0 Å². The second kappa shape index (κ2) is 5.24. The van der Waals surface area contributed by atoms with Gasteiger partial charge in [-0.25, -0.2) is 5.84 Å². The average Bonchev–Trinajstić information content (AvgIpc) is 2.18. The first-order valence-corrected chi connectivity index (χ1v) is 4.49. The lowest BCUT2D eigenvalue weighted by Gasteiger charge is -2.17. The van der Waals surface area contributed by atoms with Crippen LogP contribution < -0.4 is 10.9 Å². The molecule has 0 aliphatic heterocycles. The summed E-state index contributed by atoms with van der Waals surface area (Å²) in [6.45, 7) is 0.552. The van der Waals surface area contributed by atoms with Crippen LogP contribution in [0.25, 0.3) is 0 Å². The monoisotopic (exact) mass is 194 g/mol. The smallest absolute Gasteiger partial charge is 0.303 e. The van der Waals surface area contributed by atoms with Gasteiger partial charge in [0.25, 0.3) is 0 Å². The van der Waals surface area contributed by atoms with Crippen molar-refractivity contribution in [1.29, 1.82) is 0 Å². The maximum absolute atomic E-state index is 10.3. The molecule has 76 valence electrons. The summed E-state index contributed by atoms with van der Waals surface area (Å²) >= 11 is 0. The van der Waals surface area contributed by atoms with Gasteiger partial charge in [0.15, 0.2) is 0 Å². The van der Waals surface area contributed by atoms with E-state index in [9.17, 15) is 4.79 Å². The third-order valence-corrected chi connectivity index (χ3v) is 1.88. The number of hydrazine groups is 1. The van der Waals surface area contributed by atoms with Gasteiger partial charge >= 0.3 is 5.97 Å². The summed E-state index contributed by atoms with van der Waals surface area (Å²) in [6, 6.07) is 9.48. The van der Waals surface area contributed by atoms with Gasteiger partial charge in [0.1, 0.15) is 0 Å². The molecule has 3 N–H and O–H groups in total. The molecule has 14 heavy (non-hydrogen) atoms. The zero-order valence-corrected chi connectivity index (χ0v) is 7.89. The first kappa shape index (κ1) is 10.5. The summed E-state index contributed by atoms with van der Waals surface area (Å²) in [7, 11) is 0. The summed E-state index contributed by atoms with van der Waals surface area (Å²) in [5.74, 6) is 4.94. The minimum atomic E-state index is -0.786. The van der Waals surface area contributed by atoms with Crippen LogP contribution in [0.15, 0.2) is 30.3 Å². The molecular formula is C10H14N2O2. The number of hydrogen-bond acceptors (Lipinski definition) is 3. The largest absolute Gasteiger partial charge is 0.481 e. The third kappa shape index (κ3) is 3.45. The number of anilines is 1. The number of hydrogen-bond donors (Lipinski definition) is 2. The fourth-order valence-corrected chi connectivity index (χ4v) is 1.15. The van der Waals surface area contributed by atoms with Crippen LogP contribution in [0.1, 0.15) is 12.8 Å². The number of nitrogens with zero attached hydrogens (tertiary/aromatic N) is 1. The van der Waals surface area contributed by atoms with Crippen LogP contribution in [0.4, 0.5) is 5.69 Å². The number of rotatable bonds is 5. The predicted octanol–water partition coefficient (Wildman–Crippen LogP) is 1.23. The highest BCUT2D eigenvalue weighted by Crippen LogP contribution is 2.09. The van der Waals surface area contributed by atoms with E-state index < -0.39 is 5.97 Å². The Labute approximate surface area is 82.9 Å². The Bertz CT molecular complexity index is 287. The van der Waals surface area contributed by atoms with Gasteiger partial charge < -0.3 is 10.1 Å². The third-order valence-electron chi connectivity index (χ3n) is 1.88. The molecule has 0 spiro atoms. The van der Waals surface area contributed by atoms with E-state index in [0.717, 1.165) is 5.69 Å². The molecule has 0 unspecified atom stereocenters. The molecule has 4 nitrogen and oxygen atoms in total. The molecule has 0 heterocycles. The molecule has 4 heteroatoms. The predicted molar refractivity (Wildman–Crippen MR) is 54.8 cm³/mol. The number of carbonyl (C=O) groups is 1. The molecule has 0 saturated heterocycles. The van der Waals surface area contributed by atoms with Gasteiger partial charge in [-0.15, -0.1) is 0 Å². The van der Waals surface area contributed by atoms with E-state index in [2.05, 4.69) is 0 Å². The van der Waals surface area contributed by atoms with Crippen molar-refractivity contribution in [3.8, 4) is 0 Å². The lowest BCUT2D eigenvalue weighted by molar-refractivity contribution is -0.137. The van der Waals surface area contributed by atoms with E-state index in [1.165, 1.54) is 0 Å². The molecule has 0 fully saturated rings. The van der Waals surface area contributed by atoms with Crippen molar-refractivity contribution in [2.24, 2.45) is 5.84 Å². The van der Waals surface area contributed by atoms with Gasteiger partial charge in [0.2, 0.25) is 0 Å². The lowest BCUT2D eigenvalue weighted by atomic mass is 10.2. The zero-order chi connectivity index (χ0) is 10.4. The van der Waals surface area contributed by atoms with Gasteiger partial charge in [-0.3, -0.25) is 4.79 Å². The van der Waals surface area contributed by atoms with E-state index in [-0.39, 0.29) is 6.42 Å². The van der Waals surface area contributed by atoms with E-state index in [1.54, 1.807) is 5.01 Å². The highest BCUT2D eigenvalue weighted by atomic mass is 16.4. The normalized spacial score (nSPS) is 9.79. The van der Waals surface area contributed by atoms with Crippen molar-refractivity contribution in [3.63, 3.8) is 0 Å². The molecule has 0 aliphatic carbocycles. The Morgan fingerprint density at radius 2 is 2.00 bits per heavy atom. The fourth-order valence-electron chi connectivity index (χ4n) is 1.15. The zero-order valence-electron chi connectivity index (χ0n) is 7.89. The van der Waals surface area contributed by atoms with Crippen LogP contribution in [0.2, 0.25) is 0 Å². The van der Waals surface area contributed by atoms with Gasteiger partial charge in [0, 0.05) is 13.0 Å². The molecule has 0 atom stereocenters. The molecule has 0 aliphatic rings. The van der Waals surface area contributed by atoms with Gasteiger partial charge in [0.05, 0.1) is 5.69 Å². The Hall–Kier alpha value is -1.55. The number of nitrogens with two attached hydrogens (primary N) is 1. The van der Waals surface area contributed by atoms with Crippen molar-refractivity contribution in [2.45, 2.75) is 12.8 Å². The maximum atomic E-state index is 10.3. The topological polar surface area (TPSA) is 66.6 Å². The number of para-hydroxylation sites is 1. The summed E-state index contributed by atoms with van der Waals surface area (Å²) in [5.41, 5.74) is 0.901. The summed E-state index contributed by atoms with van der Waals surface area (Å²) < 4.78 is 0. The Morgan fingerprint density at radius 3 is 2.57 bits per heavy atom. The Balaban J connectivity index is 2.36. The van der Waals surface area contributed by atoms with Crippen molar-refractivity contribution in [3.05, 3.63) is 30.3 Å². The van der Waals surface area contributed by atoms with Crippen molar-refractivity contribution in [2.75, 3.05) is 11.6 Å². The SMILES string of the molecule is NN(CCCC(=O)O)c1ccccc1. The molecule has 0 amide bonds. The number of benzene rings is 1. The van der Waals surface area contributed by atoms with Crippen LogP contribution in [0.5, 0.6) is 0 Å². The molecule has 0 saturated carbocycles. The minimum Gasteiger partial charge on any atom is -0.481 e. The maximum Gasteiger partial charge on any atom is 0.303 e. The quantitative estimate of drug-likeness (QED) is 0.546.